The molecular formula is C7H12Cl2O2. The summed E-state index contributed by atoms with van der Waals surface area (Å²) >= 11 is 10.7. The molecule has 66 valence electrons. The van der Waals surface area contributed by atoms with Gasteiger partial charge in [0.15, 0.2) is 0 Å². The van der Waals surface area contributed by atoms with Crippen LogP contribution in [0.25, 0.3) is 0 Å². The van der Waals surface area contributed by atoms with E-state index in [1.807, 2.05) is 0 Å². The van der Waals surface area contributed by atoms with Crippen molar-refractivity contribution >= 4 is 29.2 Å². The van der Waals surface area contributed by atoms with Gasteiger partial charge < -0.3 is 4.74 Å². The van der Waals surface area contributed by atoms with Gasteiger partial charge in [0.1, 0.15) is 0 Å². The lowest BCUT2D eigenvalue weighted by molar-refractivity contribution is -0.143. The largest absolute Gasteiger partial charge is 0.466 e. The Morgan fingerprint density at radius 3 is 2.45 bits per heavy atom. The minimum atomic E-state index is -0.227. The summed E-state index contributed by atoms with van der Waals surface area (Å²) in [5.41, 5.74) is 0. The number of hydrogen-bond acceptors (Lipinski definition) is 2. The van der Waals surface area contributed by atoms with Crippen LogP contribution < -0.4 is 0 Å². The van der Waals surface area contributed by atoms with Crippen LogP contribution >= 0.6 is 23.2 Å². The SMILES string of the molecule is O=C(CCCl)OCCCCCl. The third kappa shape index (κ3) is 7.95. The average molecular weight is 199 g/mol. The summed E-state index contributed by atoms with van der Waals surface area (Å²) in [7, 11) is 0. The lowest BCUT2D eigenvalue weighted by Crippen LogP contribution is -2.06. The highest BCUT2D eigenvalue weighted by atomic mass is 35.5. The van der Waals surface area contributed by atoms with E-state index in [-0.39, 0.29) is 5.97 Å². The molecule has 0 unspecified atom stereocenters. The first-order chi connectivity index (χ1) is 5.31. The monoisotopic (exact) mass is 198 g/mol. The fourth-order valence-corrected chi connectivity index (χ4v) is 0.875. The Bertz CT molecular complexity index is 107. The topological polar surface area (TPSA) is 26.3 Å². The normalized spacial score (nSPS) is 9.64. The zero-order valence-corrected chi connectivity index (χ0v) is 7.83. The molecule has 0 heterocycles. The first-order valence-electron chi connectivity index (χ1n) is 3.58. The number of carbonyl (C=O) groups excluding carboxylic acids is 1. The molecule has 0 fully saturated rings. The molecule has 4 heteroatoms. The Kier molecular flexibility index (Phi) is 8.19. The van der Waals surface area contributed by atoms with E-state index in [1.54, 1.807) is 0 Å². The maximum atomic E-state index is 10.7. The summed E-state index contributed by atoms with van der Waals surface area (Å²) in [5.74, 6) is 0.719. The van der Waals surface area contributed by atoms with Gasteiger partial charge in [-0.1, -0.05) is 0 Å². The summed E-state index contributed by atoms with van der Waals surface area (Å²) in [6.07, 6.45) is 2.01. The number of ether oxygens (including phenoxy) is 1. The number of unbranched alkanes of at least 4 members (excludes halogenated alkanes) is 1. The molecule has 2 nitrogen and oxygen atoms in total. The van der Waals surface area contributed by atoms with E-state index < -0.39 is 0 Å². The molecule has 0 aromatic carbocycles. The molecule has 0 aliphatic heterocycles. The molecule has 0 aromatic heterocycles. The van der Waals surface area contributed by atoms with E-state index in [2.05, 4.69) is 0 Å². The molecule has 0 atom stereocenters. The van der Waals surface area contributed by atoms with Crippen LogP contribution in [0.15, 0.2) is 0 Å². The average Bonchev–Trinajstić information content (AvgIpc) is 1.99. The van der Waals surface area contributed by atoms with Crippen LogP contribution in [0.2, 0.25) is 0 Å². The van der Waals surface area contributed by atoms with E-state index >= 15 is 0 Å². The van der Waals surface area contributed by atoms with E-state index in [0.717, 1.165) is 12.8 Å². The third-order valence-electron chi connectivity index (χ3n) is 1.09. The van der Waals surface area contributed by atoms with Crippen molar-refractivity contribution in [3.63, 3.8) is 0 Å². The number of esters is 1. The van der Waals surface area contributed by atoms with Crippen LogP contribution in [-0.4, -0.2) is 24.3 Å². The number of carbonyl (C=O) groups is 1. The molecule has 0 amide bonds. The second-order valence-electron chi connectivity index (χ2n) is 2.06. The molecule has 0 aliphatic rings. The lowest BCUT2D eigenvalue weighted by atomic mass is 10.3. The second-order valence-corrected chi connectivity index (χ2v) is 2.81. The predicted molar refractivity (Wildman–Crippen MR) is 46.3 cm³/mol. The van der Waals surface area contributed by atoms with Gasteiger partial charge in [-0.3, -0.25) is 4.79 Å². The minimum Gasteiger partial charge on any atom is -0.466 e. The molecule has 0 N–H and O–H groups in total. The predicted octanol–water partition coefficient (Wildman–Crippen LogP) is 2.18. The zero-order valence-electron chi connectivity index (χ0n) is 6.32. The highest BCUT2D eigenvalue weighted by Crippen LogP contribution is 1.95. The van der Waals surface area contributed by atoms with Crippen LogP contribution in [0.4, 0.5) is 0 Å². The molecule has 0 saturated heterocycles. The van der Waals surface area contributed by atoms with E-state index in [1.165, 1.54) is 0 Å². The maximum absolute atomic E-state index is 10.7. The number of hydrogen-bond donors (Lipinski definition) is 0. The Morgan fingerprint density at radius 2 is 1.91 bits per heavy atom. The Hall–Kier alpha value is 0.0500. The van der Waals surface area contributed by atoms with Crippen LogP contribution in [0.1, 0.15) is 19.3 Å². The van der Waals surface area contributed by atoms with Crippen molar-refractivity contribution in [2.75, 3.05) is 18.4 Å². The molecule has 0 bridgehead atoms. The maximum Gasteiger partial charge on any atom is 0.306 e. The zero-order chi connectivity index (χ0) is 8.53. The highest BCUT2D eigenvalue weighted by molar-refractivity contribution is 6.18. The summed E-state index contributed by atoms with van der Waals surface area (Å²) < 4.78 is 4.80. The van der Waals surface area contributed by atoms with Gasteiger partial charge in [0.25, 0.3) is 0 Å². The minimum absolute atomic E-state index is 0.227. The third-order valence-corrected chi connectivity index (χ3v) is 1.55. The quantitative estimate of drug-likeness (QED) is 0.372. The molecule has 11 heavy (non-hydrogen) atoms. The number of rotatable bonds is 6. The summed E-state index contributed by atoms with van der Waals surface area (Å²) in [6.45, 7) is 0.461. The number of alkyl halides is 2. The Morgan fingerprint density at radius 1 is 1.18 bits per heavy atom. The van der Waals surface area contributed by atoms with Crippen molar-refractivity contribution in [3.05, 3.63) is 0 Å². The van der Waals surface area contributed by atoms with Crippen molar-refractivity contribution in [1.29, 1.82) is 0 Å². The van der Waals surface area contributed by atoms with Gasteiger partial charge in [0.2, 0.25) is 0 Å². The van der Waals surface area contributed by atoms with Crippen molar-refractivity contribution in [3.8, 4) is 0 Å². The van der Waals surface area contributed by atoms with Crippen molar-refractivity contribution in [1.82, 2.24) is 0 Å². The molecule has 0 spiro atoms. The van der Waals surface area contributed by atoms with Gasteiger partial charge in [-0.25, -0.2) is 0 Å². The van der Waals surface area contributed by atoms with Crippen LogP contribution in [-0.2, 0) is 9.53 Å². The van der Waals surface area contributed by atoms with Gasteiger partial charge in [-0.15, -0.1) is 23.2 Å². The van der Waals surface area contributed by atoms with Crippen molar-refractivity contribution < 1.29 is 9.53 Å². The first-order valence-corrected chi connectivity index (χ1v) is 4.65. The molecule has 0 rings (SSSR count). The van der Waals surface area contributed by atoms with Crippen LogP contribution in [0, 0.1) is 0 Å². The van der Waals surface area contributed by atoms with Gasteiger partial charge >= 0.3 is 5.97 Å². The fraction of sp³-hybridized carbons (Fsp3) is 0.857. The first kappa shape index (κ1) is 11.1. The van der Waals surface area contributed by atoms with E-state index in [0.29, 0.717) is 24.8 Å². The molecular weight excluding hydrogens is 187 g/mol. The molecule has 0 aromatic rings. The van der Waals surface area contributed by atoms with E-state index in [9.17, 15) is 4.79 Å². The molecule has 0 saturated carbocycles. The van der Waals surface area contributed by atoms with Crippen LogP contribution in [0.3, 0.4) is 0 Å². The Balaban J connectivity index is 3.04. The number of halogens is 2. The van der Waals surface area contributed by atoms with Gasteiger partial charge in [-0.2, -0.15) is 0 Å². The second kappa shape index (κ2) is 8.15. The smallest absolute Gasteiger partial charge is 0.306 e. The van der Waals surface area contributed by atoms with Crippen molar-refractivity contribution in [2.24, 2.45) is 0 Å². The molecule has 0 aliphatic carbocycles. The summed E-state index contributed by atoms with van der Waals surface area (Å²) in [6, 6.07) is 0. The Labute approximate surface area is 76.8 Å². The van der Waals surface area contributed by atoms with E-state index in [4.69, 9.17) is 27.9 Å². The lowest BCUT2D eigenvalue weighted by Gasteiger charge is -2.01. The summed E-state index contributed by atoms with van der Waals surface area (Å²) in [5, 5.41) is 0. The van der Waals surface area contributed by atoms with Crippen LogP contribution in [0.5, 0.6) is 0 Å². The molecule has 0 radical (unpaired) electrons. The fourth-order valence-electron chi connectivity index (χ4n) is 0.532. The highest BCUT2D eigenvalue weighted by Gasteiger charge is 1.99. The van der Waals surface area contributed by atoms with Gasteiger partial charge in [0, 0.05) is 11.8 Å². The van der Waals surface area contributed by atoms with Gasteiger partial charge in [0.05, 0.1) is 13.0 Å². The van der Waals surface area contributed by atoms with Crippen molar-refractivity contribution in [2.45, 2.75) is 19.3 Å². The summed E-state index contributed by atoms with van der Waals surface area (Å²) in [4.78, 5) is 10.7. The van der Waals surface area contributed by atoms with Gasteiger partial charge in [-0.05, 0) is 12.8 Å². The standard InChI is InChI=1S/C7H12Cl2O2/c8-4-1-2-6-11-7(10)3-5-9/h1-6H2.